The first kappa shape index (κ1) is 18.7. The molecule has 126 valence electrons. The highest BCUT2D eigenvalue weighted by molar-refractivity contribution is 5.63. The fraction of sp³-hybridized carbons (Fsp3) is 0.684. The van der Waals surface area contributed by atoms with E-state index in [9.17, 15) is 5.11 Å². The van der Waals surface area contributed by atoms with Crippen LogP contribution in [0.15, 0.2) is 0 Å². The summed E-state index contributed by atoms with van der Waals surface area (Å²) in [6.45, 7) is 6.47. The van der Waals surface area contributed by atoms with Crippen molar-refractivity contribution in [3.05, 3.63) is 16.7 Å². The van der Waals surface area contributed by atoms with Gasteiger partial charge in [-0.25, -0.2) is 0 Å². The summed E-state index contributed by atoms with van der Waals surface area (Å²) in [5, 5.41) is 10.4. The number of hydrogen-bond donors (Lipinski definition) is 1. The summed E-state index contributed by atoms with van der Waals surface area (Å²) >= 11 is 0. The van der Waals surface area contributed by atoms with Crippen LogP contribution in [-0.4, -0.2) is 19.3 Å². The number of ether oxygens (including phenoxy) is 2. The number of benzene rings is 1. The summed E-state index contributed by atoms with van der Waals surface area (Å²) in [4.78, 5) is 0. The average molecular weight is 308 g/mol. The van der Waals surface area contributed by atoms with Crippen molar-refractivity contribution in [2.75, 3.05) is 14.2 Å². The third kappa shape index (κ3) is 4.08. The van der Waals surface area contributed by atoms with Gasteiger partial charge in [0.15, 0.2) is 11.5 Å². The molecule has 0 aromatic heterocycles. The number of aromatic hydroxyl groups is 1. The predicted molar refractivity (Wildman–Crippen MR) is 92.4 cm³/mol. The summed E-state index contributed by atoms with van der Waals surface area (Å²) in [5.41, 5.74) is 3.58. The van der Waals surface area contributed by atoms with E-state index in [4.69, 9.17) is 9.47 Å². The molecule has 0 aliphatic carbocycles. The summed E-state index contributed by atoms with van der Waals surface area (Å²) in [6, 6.07) is 0. The highest BCUT2D eigenvalue weighted by Gasteiger charge is 2.23. The Morgan fingerprint density at radius 1 is 0.727 bits per heavy atom. The molecule has 3 heteroatoms. The van der Waals surface area contributed by atoms with E-state index in [2.05, 4.69) is 20.8 Å². The molecule has 0 atom stereocenters. The van der Waals surface area contributed by atoms with E-state index in [-0.39, 0.29) is 5.75 Å². The number of rotatable bonds is 10. The Morgan fingerprint density at radius 3 is 1.64 bits per heavy atom. The molecule has 0 heterocycles. The minimum atomic E-state index is 0.147. The zero-order valence-corrected chi connectivity index (χ0v) is 14.9. The van der Waals surface area contributed by atoms with Gasteiger partial charge in [-0.2, -0.15) is 0 Å². The van der Waals surface area contributed by atoms with Gasteiger partial charge >= 0.3 is 0 Å². The second-order valence-electron chi connectivity index (χ2n) is 5.72. The van der Waals surface area contributed by atoms with Crippen LogP contribution in [0.4, 0.5) is 0 Å². The molecule has 1 N–H and O–H groups in total. The second-order valence-corrected chi connectivity index (χ2v) is 5.72. The largest absolute Gasteiger partial charge is 0.502 e. The van der Waals surface area contributed by atoms with Gasteiger partial charge < -0.3 is 14.6 Å². The Morgan fingerprint density at radius 2 is 1.23 bits per heavy atom. The highest BCUT2D eigenvalue weighted by Crippen LogP contribution is 2.45. The van der Waals surface area contributed by atoms with Gasteiger partial charge in [0.1, 0.15) is 0 Å². The van der Waals surface area contributed by atoms with Crippen molar-refractivity contribution in [2.24, 2.45) is 0 Å². The minimum absolute atomic E-state index is 0.147. The number of phenols is 1. The smallest absolute Gasteiger partial charge is 0.201 e. The van der Waals surface area contributed by atoms with E-state index in [1.165, 1.54) is 37.7 Å². The van der Waals surface area contributed by atoms with Crippen molar-refractivity contribution in [3.8, 4) is 17.2 Å². The van der Waals surface area contributed by atoms with Crippen molar-refractivity contribution < 1.29 is 14.6 Å². The molecule has 0 radical (unpaired) electrons. The fourth-order valence-electron chi connectivity index (χ4n) is 3.24. The zero-order valence-electron chi connectivity index (χ0n) is 14.9. The molecule has 22 heavy (non-hydrogen) atoms. The summed E-state index contributed by atoms with van der Waals surface area (Å²) in [6.07, 6.45) is 9.05. The van der Waals surface area contributed by atoms with E-state index in [1.807, 2.05) is 0 Å². The lowest BCUT2D eigenvalue weighted by Gasteiger charge is -2.21. The van der Waals surface area contributed by atoms with Gasteiger partial charge in [0, 0.05) is 11.1 Å². The molecule has 1 rings (SSSR count). The van der Waals surface area contributed by atoms with Gasteiger partial charge in [0.05, 0.1) is 14.2 Å². The lowest BCUT2D eigenvalue weighted by molar-refractivity contribution is 0.334. The third-order valence-electron chi connectivity index (χ3n) is 4.35. The van der Waals surface area contributed by atoms with Gasteiger partial charge in [-0.3, -0.25) is 0 Å². The monoisotopic (exact) mass is 308 g/mol. The Kier molecular flexibility index (Phi) is 8.15. The van der Waals surface area contributed by atoms with Crippen molar-refractivity contribution in [1.82, 2.24) is 0 Å². The van der Waals surface area contributed by atoms with Crippen molar-refractivity contribution >= 4 is 0 Å². The molecular formula is C19H32O3. The molecule has 1 aromatic rings. The van der Waals surface area contributed by atoms with Crippen molar-refractivity contribution in [3.63, 3.8) is 0 Å². The van der Waals surface area contributed by atoms with Crippen LogP contribution in [0.5, 0.6) is 17.2 Å². The standard InChI is InChI=1S/C19H32O3/c1-6-9-10-11-12-13-16-14(7-2)18(21-4)17(20)19(22-5)15(16)8-3/h20H,6-13H2,1-5H3. The van der Waals surface area contributed by atoms with Gasteiger partial charge in [-0.05, 0) is 31.2 Å². The Labute approximate surface area is 135 Å². The van der Waals surface area contributed by atoms with Gasteiger partial charge in [0.2, 0.25) is 5.75 Å². The summed E-state index contributed by atoms with van der Waals surface area (Å²) < 4.78 is 10.9. The number of unbranched alkanes of at least 4 members (excludes halogenated alkanes) is 4. The van der Waals surface area contributed by atoms with Crippen molar-refractivity contribution in [2.45, 2.75) is 72.1 Å². The number of methoxy groups -OCH3 is 2. The summed E-state index contributed by atoms with van der Waals surface area (Å²) in [7, 11) is 3.23. The molecule has 0 fully saturated rings. The molecule has 0 unspecified atom stereocenters. The first-order valence-corrected chi connectivity index (χ1v) is 8.63. The van der Waals surface area contributed by atoms with E-state index < -0.39 is 0 Å². The van der Waals surface area contributed by atoms with Crippen molar-refractivity contribution in [1.29, 1.82) is 0 Å². The molecule has 0 spiro atoms. The van der Waals surface area contributed by atoms with Gasteiger partial charge in [0.25, 0.3) is 0 Å². The van der Waals surface area contributed by atoms with E-state index >= 15 is 0 Å². The Bertz CT molecular complexity index is 433. The van der Waals surface area contributed by atoms with Crippen LogP contribution >= 0.6 is 0 Å². The maximum atomic E-state index is 10.4. The second kappa shape index (κ2) is 9.60. The lowest BCUT2D eigenvalue weighted by Crippen LogP contribution is -2.06. The molecule has 0 saturated heterocycles. The molecule has 3 nitrogen and oxygen atoms in total. The van der Waals surface area contributed by atoms with Crippen LogP contribution < -0.4 is 9.47 Å². The van der Waals surface area contributed by atoms with Crippen LogP contribution in [0.3, 0.4) is 0 Å². The normalized spacial score (nSPS) is 10.8. The van der Waals surface area contributed by atoms with E-state index in [0.717, 1.165) is 30.4 Å². The fourth-order valence-corrected chi connectivity index (χ4v) is 3.24. The predicted octanol–water partition coefficient (Wildman–Crippen LogP) is 5.05. The molecule has 0 aliphatic heterocycles. The molecular weight excluding hydrogens is 276 g/mol. The van der Waals surface area contributed by atoms with E-state index in [1.54, 1.807) is 14.2 Å². The third-order valence-corrected chi connectivity index (χ3v) is 4.35. The van der Waals surface area contributed by atoms with Crippen LogP contribution in [-0.2, 0) is 19.3 Å². The Balaban J connectivity index is 3.15. The number of phenolic OH excluding ortho intramolecular Hbond substituents is 1. The molecule has 1 aromatic carbocycles. The van der Waals surface area contributed by atoms with E-state index in [0.29, 0.717) is 11.5 Å². The van der Waals surface area contributed by atoms with Gasteiger partial charge in [-0.1, -0.05) is 46.5 Å². The Hall–Kier alpha value is -1.38. The SMILES string of the molecule is CCCCCCCc1c(CC)c(OC)c(O)c(OC)c1CC. The average Bonchev–Trinajstić information content (AvgIpc) is 2.54. The zero-order chi connectivity index (χ0) is 16.5. The van der Waals surface area contributed by atoms with Crippen LogP contribution in [0.2, 0.25) is 0 Å². The van der Waals surface area contributed by atoms with Crippen LogP contribution in [0.1, 0.15) is 69.6 Å². The maximum Gasteiger partial charge on any atom is 0.201 e. The van der Waals surface area contributed by atoms with Crippen LogP contribution in [0.25, 0.3) is 0 Å². The maximum absolute atomic E-state index is 10.4. The molecule has 0 bridgehead atoms. The number of hydrogen-bond acceptors (Lipinski definition) is 3. The first-order valence-electron chi connectivity index (χ1n) is 8.63. The quantitative estimate of drug-likeness (QED) is 0.615. The lowest BCUT2D eigenvalue weighted by atomic mass is 9.90. The topological polar surface area (TPSA) is 38.7 Å². The molecule has 0 aliphatic rings. The minimum Gasteiger partial charge on any atom is -0.502 e. The molecule has 0 amide bonds. The van der Waals surface area contributed by atoms with Crippen LogP contribution in [0, 0.1) is 0 Å². The molecule has 0 saturated carbocycles. The first-order chi connectivity index (χ1) is 10.7. The van der Waals surface area contributed by atoms with Gasteiger partial charge in [-0.15, -0.1) is 0 Å². The highest BCUT2D eigenvalue weighted by atomic mass is 16.5. The summed E-state index contributed by atoms with van der Waals surface area (Å²) in [5.74, 6) is 1.31.